The summed E-state index contributed by atoms with van der Waals surface area (Å²) in [5.41, 5.74) is 0. The summed E-state index contributed by atoms with van der Waals surface area (Å²) in [6.07, 6.45) is -14.0. The van der Waals surface area contributed by atoms with Crippen molar-refractivity contribution in [3.8, 4) is 0 Å². The molecule has 11 nitrogen and oxygen atoms in total. The van der Waals surface area contributed by atoms with Gasteiger partial charge in [-0.25, -0.2) is 0 Å². The molecule has 2 rings (SSSR count). The number of methoxy groups -OCH3 is 1. The predicted molar refractivity (Wildman–Crippen MR) is 73.4 cm³/mol. The van der Waals surface area contributed by atoms with Crippen LogP contribution < -0.4 is 0 Å². The predicted octanol–water partition coefficient (Wildman–Crippen LogP) is -4.74. The SMILES string of the molecule is CO[C@@H]1[C@@H](O)[C@H](O)O[C@H](CO)[C@@H]1O[C@H]1O[C@H](CO)[C@H](O)[C@H](O)[C@H]1O. The lowest BCUT2D eigenvalue weighted by molar-refractivity contribution is -0.357. The van der Waals surface area contributed by atoms with E-state index in [4.69, 9.17) is 24.1 Å². The van der Waals surface area contributed by atoms with Gasteiger partial charge in [0.25, 0.3) is 0 Å². The van der Waals surface area contributed by atoms with Crippen LogP contribution in [0.1, 0.15) is 0 Å². The number of aliphatic hydroxyl groups excluding tert-OH is 7. The van der Waals surface area contributed by atoms with Crippen molar-refractivity contribution in [2.24, 2.45) is 0 Å². The summed E-state index contributed by atoms with van der Waals surface area (Å²) in [6.45, 7) is -1.23. The third-order valence-corrected chi connectivity index (χ3v) is 4.23. The minimum Gasteiger partial charge on any atom is -0.394 e. The Bertz CT molecular complexity index is 394. The van der Waals surface area contributed by atoms with Crippen molar-refractivity contribution < 1.29 is 54.7 Å². The second-order valence-electron chi connectivity index (χ2n) is 5.74. The standard InChI is InChI=1S/C13H24O11/c1-21-11-9(19)12(20)22-5(3-15)10(11)24-13-8(18)7(17)6(16)4(2-14)23-13/h4-20H,2-3H2,1H3/t4-,5-,6+,7+,8-,9-,10+,11-,12-,13-/m1/s1. The van der Waals surface area contributed by atoms with E-state index in [2.05, 4.69) is 0 Å². The highest BCUT2D eigenvalue weighted by Crippen LogP contribution is 2.29. The lowest BCUT2D eigenvalue weighted by atomic mass is 9.97. The molecule has 0 saturated carbocycles. The highest BCUT2D eigenvalue weighted by atomic mass is 16.7. The topological polar surface area (TPSA) is 179 Å². The van der Waals surface area contributed by atoms with Crippen LogP contribution in [0.5, 0.6) is 0 Å². The third-order valence-electron chi connectivity index (χ3n) is 4.23. The summed E-state index contributed by atoms with van der Waals surface area (Å²) in [5.74, 6) is 0. The molecule has 0 radical (unpaired) electrons. The van der Waals surface area contributed by atoms with Crippen LogP contribution in [0.15, 0.2) is 0 Å². The molecular weight excluding hydrogens is 332 g/mol. The molecule has 0 aliphatic carbocycles. The summed E-state index contributed by atoms with van der Waals surface area (Å²) in [4.78, 5) is 0. The van der Waals surface area contributed by atoms with E-state index in [1.54, 1.807) is 0 Å². The Morgan fingerprint density at radius 1 is 0.750 bits per heavy atom. The Morgan fingerprint density at radius 3 is 1.92 bits per heavy atom. The van der Waals surface area contributed by atoms with E-state index >= 15 is 0 Å². The molecule has 10 atom stereocenters. The first-order valence-electron chi connectivity index (χ1n) is 7.46. The van der Waals surface area contributed by atoms with Gasteiger partial charge in [-0.1, -0.05) is 0 Å². The Balaban J connectivity index is 2.16. The van der Waals surface area contributed by atoms with Gasteiger partial charge in [0.15, 0.2) is 12.6 Å². The lowest BCUT2D eigenvalue weighted by Gasteiger charge is -2.46. The van der Waals surface area contributed by atoms with Crippen molar-refractivity contribution in [3.05, 3.63) is 0 Å². The molecule has 2 saturated heterocycles. The van der Waals surface area contributed by atoms with Gasteiger partial charge in [-0.2, -0.15) is 0 Å². The molecule has 2 aliphatic rings. The summed E-state index contributed by atoms with van der Waals surface area (Å²) < 4.78 is 20.8. The second kappa shape index (κ2) is 8.29. The fourth-order valence-corrected chi connectivity index (χ4v) is 2.83. The maximum atomic E-state index is 9.99. The number of rotatable bonds is 5. The lowest BCUT2D eigenvalue weighted by Crippen LogP contribution is -2.64. The van der Waals surface area contributed by atoms with Gasteiger partial charge >= 0.3 is 0 Å². The monoisotopic (exact) mass is 356 g/mol. The largest absolute Gasteiger partial charge is 0.394 e. The van der Waals surface area contributed by atoms with E-state index in [-0.39, 0.29) is 0 Å². The molecule has 0 bridgehead atoms. The van der Waals surface area contributed by atoms with E-state index in [0.717, 1.165) is 0 Å². The maximum Gasteiger partial charge on any atom is 0.187 e. The van der Waals surface area contributed by atoms with Crippen LogP contribution in [-0.2, 0) is 18.9 Å². The Kier molecular flexibility index (Phi) is 6.87. The van der Waals surface area contributed by atoms with Crippen molar-refractivity contribution in [1.29, 1.82) is 0 Å². The fraction of sp³-hybridized carbons (Fsp3) is 1.00. The van der Waals surface area contributed by atoms with Crippen LogP contribution in [0, 0.1) is 0 Å². The van der Waals surface area contributed by atoms with Crippen LogP contribution >= 0.6 is 0 Å². The first kappa shape index (κ1) is 19.9. The smallest absolute Gasteiger partial charge is 0.187 e. The molecule has 0 spiro atoms. The van der Waals surface area contributed by atoms with Crippen LogP contribution in [-0.4, -0.2) is 117 Å². The average molecular weight is 356 g/mol. The fourth-order valence-electron chi connectivity index (χ4n) is 2.83. The Labute approximate surface area is 137 Å². The molecule has 0 aromatic heterocycles. The van der Waals surface area contributed by atoms with E-state index in [1.807, 2.05) is 0 Å². The zero-order valence-corrected chi connectivity index (χ0v) is 13.0. The highest BCUT2D eigenvalue weighted by molar-refractivity contribution is 4.94. The molecule has 7 N–H and O–H groups in total. The number of aliphatic hydroxyl groups is 7. The van der Waals surface area contributed by atoms with Gasteiger partial charge in [-0.3, -0.25) is 0 Å². The normalized spacial score (nSPS) is 50.0. The van der Waals surface area contributed by atoms with Gasteiger partial charge in [0.1, 0.15) is 48.8 Å². The summed E-state index contributed by atoms with van der Waals surface area (Å²) in [7, 11) is 1.24. The Morgan fingerprint density at radius 2 is 1.38 bits per heavy atom. The second-order valence-corrected chi connectivity index (χ2v) is 5.74. The van der Waals surface area contributed by atoms with E-state index < -0.39 is 74.6 Å². The van der Waals surface area contributed by atoms with Gasteiger partial charge in [-0.15, -0.1) is 0 Å². The molecular formula is C13H24O11. The molecule has 2 aliphatic heterocycles. The van der Waals surface area contributed by atoms with Crippen molar-refractivity contribution in [2.45, 2.75) is 61.4 Å². The molecule has 2 heterocycles. The summed E-state index contributed by atoms with van der Waals surface area (Å²) in [5, 5.41) is 67.6. The minimum absolute atomic E-state index is 0.592. The van der Waals surface area contributed by atoms with E-state index in [0.29, 0.717) is 0 Å². The zero-order chi connectivity index (χ0) is 18.0. The van der Waals surface area contributed by atoms with Gasteiger partial charge in [0.05, 0.1) is 13.2 Å². The highest BCUT2D eigenvalue weighted by Gasteiger charge is 2.50. The quantitative estimate of drug-likeness (QED) is 0.251. The molecule has 0 aromatic carbocycles. The van der Waals surface area contributed by atoms with Gasteiger partial charge in [-0.05, 0) is 0 Å². The number of hydrogen-bond acceptors (Lipinski definition) is 11. The molecule has 0 amide bonds. The maximum absolute atomic E-state index is 9.99. The van der Waals surface area contributed by atoms with E-state index in [1.165, 1.54) is 7.11 Å². The van der Waals surface area contributed by atoms with Gasteiger partial charge in [0.2, 0.25) is 0 Å². The first-order chi connectivity index (χ1) is 11.3. The van der Waals surface area contributed by atoms with Crippen LogP contribution in [0.25, 0.3) is 0 Å². The Hall–Kier alpha value is -0.440. The molecule has 11 heteroatoms. The number of hydrogen-bond donors (Lipinski definition) is 7. The van der Waals surface area contributed by atoms with E-state index in [9.17, 15) is 30.6 Å². The minimum atomic E-state index is -1.66. The molecule has 0 aromatic rings. The third kappa shape index (κ3) is 3.71. The first-order valence-corrected chi connectivity index (χ1v) is 7.46. The summed E-state index contributed by atoms with van der Waals surface area (Å²) >= 11 is 0. The number of ether oxygens (including phenoxy) is 4. The van der Waals surface area contributed by atoms with Crippen LogP contribution in [0.4, 0.5) is 0 Å². The van der Waals surface area contributed by atoms with Crippen molar-refractivity contribution in [2.75, 3.05) is 20.3 Å². The molecule has 142 valence electrons. The van der Waals surface area contributed by atoms with Crippen molar-refractivity contribution >= 4 is 0 Å². The van der Waals surface area contributed by atoms with Crippen molar-refractivity contribution in [3.63, 3.8) is 0 Å². The summed E-state index contributed by atoms with van der Waals surface area (Å²) in [6, 6.07) is 0. The zero-order valence-electron chi connectivity index (χ0n) is 13.0. The van der Waals surface area contributed by atoms with Gasteiger partial charge < -0.3 is 54.7 Å². The average Bonchev–Trinajstić information content (AvgIpc) is 2.58. The molecule has 24 heavy (non-hydrogen) atoms. The van der Waals surface area contributed by atoms with Crippen LogP contribution in [0.3, 0.4) is 0 Å². The van der Waals surface area contributed by atoms with Crippen molar-refractivity contribution in [1.82, 2.24) is 0 Å². The molecule has 0 unspecified atom stereocenters. The van der Waals surface area contributed by atoms with Crippen LogP contribution in [0.2, 0.25) is 0 Å². The van der Waals surface area contributed by atoms with Gasteiger partial charge in [0, 0.05) is 7.11 Å². The molecule has 2 fully saturated rings.